The lowest BCUT2D eigenvalue weighted by Gasteiger charge is -2.28. The van der Waals surface area contributed by atoms with Crippen LogP contribution in [0.3, 0.4) is 0 Å². The summed E-state index contributed by atoms with van der Waals surface area (Å²) in [6.45, 7) is 3.21. The van der Waals surface area contributed by atoms with E-state index in [1.165, 1.54) is 19.3 Å². The Labute approximate surface area is 197 Å². The molecule has 1 fully saturated rings. The molecule has 2 aromatic carbocycles. The van der Waals surface area contributed by atoms with Crippen LogP contribution in [-0.2, 0) is 16.4 Å². The average Bonchev–Trinajstić information content (AvgIpc) is 3.19. The smallest absolute Gasteiger partial charge is 0.254 e. The number of methoxy groups -OCH3 is 1. The van der Waals surface area contributed by atoms with E-state index in [4.69, 9.17) is 9.47 Å². The fourth-order valence-corrected chi connectivity index (χ4v) is 5.80. The number of rotatable bonds is 12. The van der Waals surface area contributed by atoms with Crippen molar-refractivity contribution >= 4 is 15.7 Å². The highest BCUT2D eigenvalue weighted by Crippen LogP contribution is 2.24. The number of unbranched alkanes of at least 4 members (excludes halogenated alkanes) is 4. The van der Waals surface area contributed by atoms with Crippen LogP contribution in [0.1, 0.15) is 61.4 Å². The average molecular weight is 474 g/mol. The van der Waals surface area contributed by atoms with E-state index in [0.717, 1.165) is 29.9 Å². The van der Waals surface area contributed by atoms with E-state index >= 15 is 0 Å². The summed E-state index contributed by atoms with van der Waals surface area (Å²) in [5.41, 5.74) is 1.46. The highest BCUT2D eigenvalue weighted by Gasteiger charge is 2.35. The predicted molar refractivity (Wildman–Crippen MR) is 131 cm³/mol. The molecule has 0 spiro atoms. The number of benzene rings is 2. The highest BCUT2D eigenvalue weighted by atomic mass is 32.2. The van der Waals surface area contributed by atoms with Crippen molar-refractivity contribution in [3.05, 3.63) is 59.7 Å². The third kappa shape index (κ3) is 7.49. The lowest BCUT2D eigenvalue weighted by Crippen LogP contribution is -2.40. The zero-order chi connectivity index (χ0) is 23.7. The van der Waals surface area contributed by atoms with Crippen molar-refractivity contribution in [1.82, 2.24) is 4.90 Å². The summed E-state index contributed by atoms with van der Waals surface area (Å²) in [7, 11) is -1.51. The first-order valence-electron chi connectivity index (χ1n) is 11.8. The van der Waals surface area contributed by atoms with Crippen LogP contribution in [0.2, 0.25) is 0 Å². The molecule has 0 aliphatic carbocycles. The summed E-state index contributed by atoms with van der Waals surface area (Å²) in [6, 6.07) is 14.3. The van der Waals surface area contributed by atoms with Gasteiger partial charge in [-0.3, -0.25) is 4.79 Å². The van der Waals surface area contributed by atoms with Gasteiger partial charge in [0.2, 0.25) is 0 Å². The topological polar surface area (TPSA) is 72.9 Å². The molecule has 0 unspecified atom stereocenters. The minimum Gasteiger partial charge on any atom is -0.497 e. The summed E-state index contributed by atoms with van der Waals surface area (Å²) < 4.78 is 35.2. The third-order valence-electron chi connectivity index (χ3n) is 6.04. The molecule has 0 bridgehead atoms. The number of hydrogen-bond donors (Lipinski definition) is 0. The van der Waals surface area contributed by atoms with Crippen LogP contribution in [0.5, 0.6) is 11.5 Å². The fourth-order valence-electron chi connectivity index (χ4n) is 4.07. The van der Waals surface area contributed by atoms with Crippen molar-refractivity contribution in [2.24, 2.45) is 0 Å². The van der Waals surface area contributed by atoms with Gasteiger partial charge in [0, 0.05) is 18.2 Å². The van der Waals surface area contributed by atoms with Gasteiger partial charge in [0.15, 0.2) is 9.84 Å². The minimum atomic E-state index is -3.12. The largest absolute Gasteiger partial charge is 0.497 e. The van der Waals surface area contributed by atoms with Gasteiger partial charge in [-0.25, -0.2) is 8.42 Å². The Balaban J connectivity index is 1.67. The Morgan fingerprint density at radius 1 is 0.970 bits per heavy atom. The SMILES string of the molecule is CCCCCCCOc1ccc(C(=O)N(Cc2ccc(OC)cc2)[C@@H]2CCS(=O)(=O)C2)cc1. The van der Waals surface area contributed by atoms with Crippen LogP contribution < -0.4 is 9.47 Å². The molecule has 6 nitrogen and oxygen atoms in total. The fraction of sp³-hybridized carbons (Fsp3) is 0.500. The Morgan fingerprint density at radius 2 is 1.64 bits per heavy atom. The molecule has 1 amide bonds. The highest BCUT2D eigenvalue weighted by molar-refractivity contribution is 7.91. The molecule has 33 heavy (non-hydrogen) atoms. The van der Waals surface area contributed by atoms with E-state index in [1.54, 1.807) is 24.1 Å². The number of carbonyl (C=O) groups excluding carboxylic acids is 1. The van der Waals surface area contributed by atoms with E-state index in [0.29, 0.717) is 25.1 Å². The predicted octanol–water partition coefficient (Wildman–Crippen LogP) is 4.87. The maximum absolute atomic E-state index is 13.4. The van der Waals surface area contributed by atoms with E-state index < -0.39 is 9.84 Å². The zero-order valence-electron chi connectivity index (χ0n) is 19.7. The molecule has 0 radical (unpaired) electrons. The van der Waals surface area contributed by atoms with Crippen LogP contribution in [0.15, 0.2) is 48.5 Å². The molecule has 1 aliphatic rings. The third-order valence-corrected chi connectivity index (χ3v) is 7.79. The van der Waals surface area contributed by atoms with Crippen molar-refractivity contribution in [3.63, 3.8) is 0 Å². The van der Waals surface area contributed by atoms with Crippen LogP contribution >= 0.6 is 0 Å². The van der Waals surface area contributed by atoms with Crippen LogP contribution in [-0.4, -0.2) is 50.5 Å². The van der Waals surface area contributed by atoms with Crippen LogP contribution in [0.4, 0.5) is 0 Å². The molecule has 1 heterocycles. The summed E-state index contributed by atoms with van der Waals surface area (Å²) in [4.78, 5) is 15.1. The molecule has 1 aliphatic heterocycles. The Hall–Kier alpha value is -2.54. The van der Waals surface area contributed by atoms with Crippen LogP contribution in [0.25, 0.3) is 0 Å². The minimum absolute atomic E-state index is 0.00806. The second kappa shape index (κ2) is 12.1. The number of sulfone groups is 1. The molecule has 2 aromatic rings. The monoisotopic (exact) mass is 473 g/mol. The van der Waals surface area contributed by atoms with Crippen molar-refractivity contribution in [2.45, 2.75) is 58.0 Å². The van der Waals surface area contributed by atoms with Gasteiger partial charge in [-0.05, 0) is 54.8 Å². The molecule has 0 saturated carbocycles. The molecular formula is C26H35NO5S. The second-order valence-corrected chi connectivity index (χ2v) is 10.9. The van der Waals surface area contributed by atoms with E-state index in [2.05, 4.69) is 6.92 Å². The summed E-state index contributed by atoms with van der Waals surface area (Å²) in [5.74, 6) is 1.44. The first-order chi connectivity index (χ1) is 15.9. The lowest BCUT2D eigenvalue weighted by atomic mass is 10.1. The van der Waals surface area contributed by atoms with Gasteiger partial charge in [0.1, 0.15) is 11.5 Å². The van der Waals surface area contributed by atoms with Crippen molar-refractivity contribution in [3.8, 4) is 11.5 Å². The molecule has 0 aromatic heterocycles. The Morgan fingerprint density at radius 3 is 2.24 bits per heavy atom. The molecular weight excluding hydrogens is 438 g/mol. The summed E-state index contributed by atoms with van der Waals surface area (Å²) in [5, 5.41) is 0. The van der Waals surface area contributed by atoms with Gasteiger partial charge in [0.25, 0.3) is 5.91 Å². The Bertz CT molecular complexity index is 986. The normalized spacial score (nSPS) is 17.0. The summed E-state index contributed by atoms with van der Waals surface area (Å²) in [6.07, 6.45) is 6.35. The van der Waals surface area contributed by atoms with Crippen molar-refractivity contribution in [2.75, 3.05) is 25.2 Å². The quantitative estimate of drug-likeness (QED) is 0.411. The molecule has 7 heteroatoms. The van der Waals surface area contributed by atoms with Crippen molar-refractivity contribution < 1.29 is 22.7 Å². The van der Waals surface area contributed by atoms with Crippen molar-refractivity contribution in [1.29, 1.82) is 0 Å². The van der Waals surface area contributed by atoms with E-state index in [1.807, 2.05) is 36.4 Å². The first kappa shape index (κ1) is 25.1. The molecule has 180 valence electrons. The van der Waals surface area contributed by atoms with Gasteiger partial charge in [0.05, 0.1) is 25.2 Å². The Kier molecular flexibility index (Phi) is 9.18. The molecule has 0 N–H and O–H groups in total. The first-order valence-corrected chi connectivity index (χ1v) is 13.6. The van der Waals surface area contributed by atoms with Gasteiger partial charge in [-0.15, -0.1) is 0 Å². The van der Waals surface area contributed by atoms with Gasteiger partial charge >= 0.3 is 0 Å². The van der Waals surface area contributed by atoms with Gasteiger partial charge < -0.3 is 14.4 Å². The molecule has 1 saturated heterocycles. The standard InChI is InChI=1S/C26H35NO5S/c1-3-4-5-6-7-17-32-25-14-10-22(11-15-25)26(28)27(23-16-18-33(29,30)20-23)19-21-8-12-24(31-2)13-9-21/h8-15,23H,3-7,16-20H2,1-2H3/t23-/m1/s1. The lowest BCUT2D eigenvalue weighted by molar-refractivity contribution is 0.0681. The molecule has 1 atom stereocenters. The zero-order valence-corrected chi connectivity index (χ0v) is 20.5. The summed E-state index contributed by atoms with van der Waals surface area (Å²) >= 11 is 0. The van der Waals surface area contributed by atoms with E-state index in [9.17, 15) is 13.2 Å². The number of hydrogen-bond acceptors (Lipinski definition) is 5. The maximum Gasteiger partial charge on any atom is 0.254 e. The van der Waals surface area contributed by atoms with Gasteiger partial charge in [-0.1, -0.05) is 44.7 Å². The van der Waals surface area contributed by atoms with Gasteiger partial charge in [-0.2, -0.15) is 0 Å². The number of amides is 1. The number of carbonyl (C=O) groups is 1. The second-order valence-electron chi connectivity index (χ2n) is 8.63. The van der Waals surface area contributed by atoms with E-state index in [-0.39, 0.29) is 23.5 Å². The number of nitrogens with zero attached hydrogens (tertiary/aromatic N) is 1. The number of ether oxygens (including phenoxy) is 2. The molecule has 3 rings (SSSR count). The maximum atomic E-state index is 13.4. The van der Waals surface area contributed by atoms with Crippen LogP contribution in [0, 0.1) is 0 Å².